The van der Waals surface area contributed by atoms with Crippen LogP contribution in [0.5, 0.6) is 0 Å². The molecule has 0 spiro atoms. The van der Waals surface area contributed by atoms with Gasteiger partial charge in [-0.2, -0.15) is 4.79 Å². The molecule has 2 aliphatic heterocycles. The summed E-state index contributed by atoms with van der Waals surface area (Å²) in [5, 5.41) is 4.56. The first-order valence-electron chi connectivity index (χ1n) is 10.1. The lowest BCUT2D eigenvalue weighted by molar-refractivity contribution is -0.987. The number of rotatable bonds is 5. The van der Waals surface area contributed by atoms with E-state index in [0.717, 1.165) is 36.1 Å². The first-order chi connectivity index (χ1) is 14.2. The highest BCUT2D eigenvalue weighted by atomic mass is 16.6. The second-order valence-corrected chi connectivity index (χ2v) is 7.71. The second kappa shape index (κ2) is 8.14. The third kappa shape index (κ3) is 3.21. The molecule has 6 heteroatoms. The Kier molecular flexibility index (Phi) is 5.58. The molecule has 29 heavy (non-hydrogen) atoms. The van der Waals surface area contributed by atoms with Crippen molar-refractivity contribution in [2.45, 2.75) is 24.9 Å². The Morgan fingerprint density at radius 2 is 1.93 bits per heavy atom. The average molecular weight is 397 g/mol. The summed E-state index contributed by atoms with van der Waals surface area (Å²) >= 11 is 0. The van der Waals surface area contributed by atoms with Crippen molar-refractivity contribution in [3.05, 3.63) is 59.9 Å². The summed E-state index contributed by atoms with van der Waals surface area (Å²) in [5.74, 6) is 0.800. The van der Waals surface area contributed by atoms with Gasteiger partial charge in [-0.3, -0.25) is 0 Å². The van der Waals surface area contributed by atoms with E-state index in [-0.39, 0.29) is 22.8 Å². The number of amides is 1. The van der Waals surface area contributed by atoms with Gasteiger partial charge in [-0.1, -0.05) is 36.4 Å². The normalized spacial score (nSPS) is 27.2. The second-order valence-electron chi connectivity index (χ2n) is 7.71. The van der Waals surface area contributed by atoms with Gasteiger partial charge in [-0.25, -0.2) is 0 Å². The first-order valence-corrected chi connectivity index (χ1v) is 10.1. The highest BCUT2D eigenvalue weighted by Crippen LogP contribution is 2.46. The minimum absolute atomic E-state index is 0.0615. The van der Waals surface area contributed by atoms with Gasteiger partial charge in [0.15, 0.2) is 5.76 Å². The number of ether oxygens (including phenoxy) is 3. The monoisotopic (exact) mass is 397 g/mol. The summed E-state index contributed by atoms with van der Waals surface area (Å²) in [7, 11) is 4.85. The first kappa shape index (κ1) is 19.9. The van der Waals surface area contributed by atoms with Gasteiger partial charge < -0.3 is 14.2 Å². The van der Waals surface area contributed by atoms with E-state index in [2.05, 4.69) is 35.3 Å². The van der Waals surface area contributed by atoms with Gasteiger partial charge >= 0.3 is 6.09 Å². The number of hydrogen-bond donors (Lipinski definition) is 0. The lowest BCUT2D eigenvalue weighted by Crippen LogP contribution is -2.65. The number of quaternary nitrogens is 1. The summed E-state index contributed by atoms with van der Waals surface area (Å²) in [6.07, 6.45) is 3.78. The number of carbonyl (C=O) groups is 1. The molecule has 0 radical (unpaired) electrons. The quantitative estimate of drug-likeness (QED) is 0.713. The van der Waals surface area contributed by atoms with E-state index in [1.54, 1.807) is 14.2 Å². The molecule has 3 atom stereocenters. The summed E-state index contributed by atoms with van der Waals surface area (Å²) in [5.41, 5.74) is 1.04. The average Bonchev–Trinajstić information content (AvgIpc) is 3.38. The Morgan fingerprint density at radius 3 is 2.66 bits per heavy atom. The summed E-state index contributed by atoms with van der Waals surface area (Å²) in [6.45, 7) is 1.91. The standard InChI is InChI=1S/C23H29N2O4/c1-27-16-20-9-6-13-24(20)25(23(26)29-3)14-12-21(28-2)22(25)19-11-10-17-7-4-5-8-18(17)15-19/h4-5,7-8,10-12,15,20,22H,6,9,13-14,16H2,1-3H3/q+1/t20-,22-,25?/m0/s1. The predicted octanol–water partition coefficient (Wildman–Crippen LogP) is 4.03. The summed E-state index contributed by atoms with van der Waals surface area (Å²) in [4.78, 5) is 13.4. The summed E-state index contributed by atoms with van der Waals surface area (Å²) < 4.78 is 16.7. The van der Waals surface area contributed by atoms with Crippen molar-refractivity contribution in [3.8, 4) is 0 Å². The van der Waals surface area contributed by atoms with Crippen LogP contribution >= 0.6 is 0 Å². The largest absolute Gasteiger partial charge is 0.537 e. The summed E-state index contributed by atoms with van der Waals surface area (Å²) in [6, 6.07) is 14.5. The Labute approximate surface area is 171 Å². The highest BCUT2D eigenvalue weighted by molar-refractivity contribution is 5.83. The molecular weight excluding hydrogens is 368 g/mol. The Morgan fingerprint density at radius 1 is 1.14 bits per heavy atom. The highest BCUT2D eigenvalue weighted by Gasteiger charge is 2.59. The molecule has 4 rings (SSSR count). The number of methoxy groups -OCH3 is 3. The van der Waals surface area contributed by atoms with Crippen LogP contribution in [0.2, 0.25) is 0 Å². The zero-order valence-corrected chi connectivity index (χ0v) is 17.3. The van der Waals surface area contributed by atoms with Crippen LogP contribution in [-0.2, 0) is 14.2 Å². The number of fused-ring (bicyclic) bond motifs is 1. The van der Waals surface area contributed by atoms with E-state index in [1.807, 2.05) is 18.2 Å². The van der Waals surface area contributed by atoms with Crippen molar-refractivity contribution < 1.29 is 23.6 Å². The topological polar surface area (TPSA) is 48.0 Å². The zero-order valence-electron chi connectivity index (χ0n) is 17.3. The minimum atomic E-state index is -0.283. The third-order valence-electron chi connectivity index (χ3n) is 6.25. The van der Waals surface area contributed by atoms with Crippen molar-refractivity contribution in [2.24, 2.45) is 0 Å². The predicted molar refractivity (Wildman–Crippen MR) is 111 cm³/mol. The van der Waals surface area contributed by atoms with Gasteiger partial charge in [0.05, 0.1) is 26.9 Å². The van der Waals surface area contributed by atoms with Crippen LogP contribution in [0.4, 0.5) is 4.79 Å². The molecule has 0 aromatic heterocycles. The fourth-order valence-corrected chi connectivity index (χ4v) is 4.99. The molecule has 1 amide bonds. The molecule has 0 saturated carbocycles. The molecule has 1 saturated heterocycles. The van der Waals surface area contributed by atoms with Gasteiger partial charge in [-0.05, 0) is 29.7 Å². The van der Waals surface area contributed by atoms with Crippen molar-refractivity contribution in [3.63, 3.8) is 0 Å². The van der Waals surface area contributed by atoms with Crippen molar-refractivity contribution >= 4 is 16.9 Å². The lowest BCUT2D eigenvalue weighted by atomic mass is 10.00. The number of nitrogens with zero attached hydrogens (tertiary/aromatic N) is 2. The van der Waals surface area contributed by atoms with E-state index in [4.69, 9.17) is 14.2 Å². The van der Waals surface area contributed by atoms with Crippen molar-refractivity contribution in [1.82, 2.24) is 5.01 Å². The van der Waals surface area contributed by atoms with Crippen LogP contribution in [0, 0.1) is 0 Å². The molecule has 0 bridgehead atoms. The Balaban J connectivity index is 1.85. The maximum Gasteiger partial charge on any atom is 0.537 e. The molecule has 1 fully saturated rings. The molecule has 6 nitrogen and oxygen atoms in total. The van der Waals surface area contributed by atoms with Gasteiger partial charge in [0.2, 0.25) is 6.04 Å². The van der Waals surface area contributed by atoms with Crippen LogP contribution in [0.15, 0.2) is 54.3 Å². The number of benzene rings is 2. The Bertz CT molecular complexity index is 928. The van der Waals surface area contributed by atoms with Crippen LogP contribution in [0.25, 0.3) is 10.8 Å². The van der Waals surface area contributed by atoms with E-state index in [0.29, 0.717) is 13.2 Å². The van der Waals surface area contributed by atoms with Crippen LogP contribution in [0.3, 0.4) is 0 Å². The molecule has 2 aliphatic rings. The number of hydrogen-bond acceptors (Lipinski definition) is 5. The van der Waals surface area contributed by atoms with Crippen LogP contribution < -0.4 is 0 Å². The SMILES string of the molecule is COC[C@@H]1CCCN1[N+]1(C(=O)OC)CC=C(OC)[C@@H]1c1ccc2ccccc2c1. The Hall–Kier alpha value is -2.41. The molecule has 2 aromatic rings. The molecule has 1 unspecified atom stereocenters. The fraction of sp³-hybridized carbons (Fsp3) is 0.435. The van der Waals surface area contributed by atoms with Crippen LogP contribution in [-0.4, -0.2) is 62.8 Å². The smallest absolute Gasteiger partial charge is 0.494 e. The van der Waals surface area contributed by atoms with Gasteiger partial charge in [-0.15, -0.1) is 9.60 Å². The van der Waals surface area contributed by atoms with Gasteiger partial charge in [0, 0.05) is 25.3 Å². The van der Waals surface area contributed by atoms with E-state index >= 15 is 0 Å². The van der Waals surface area contributed by atoms with Gasteiger partial charge in [0.25, 0.3) is 0 Å². The van der Waals surface area contributed by atoms with Crippen LogP contribution in [0.1, 0.15) is 24.4 Å². The van der Waals surface area contributed by atoms with E-state index in [1.165, 1.54) is 12.5 Å². The maximum atomic E-state index is 13.4. The molecule has 0 N–H and O–H groups in total. The number of carbonyl (C=O) groups excluding carboxylic acids is 1. The molecule has 2 aromatic carbocycles. The van der Waals surface area contributed by atoms with E-state index in [9.17, 15) is 4.79 Å². The molecule has 2 heterocycles. The lowest BCUT2D eigenvalue weighted by Gasteiger charge is -2.44. The van der Waals surface area contributed by atoms with Gasteiger partial charge in [0.1, 0.15) is 6.54 Å². The molecule has 154 valence electrons. The fourth-order valence-electron chi connectivity index (χ4n) is 4.99. The van der Waals surface area contributed by atoms with Crippen molar-refractivity contribution in [1.29, 1.82) is 0 Å². The third-order valence-corrected chi connectivity index (χ3v) is 6.25. The minimum Gasteiger partial charge on any atom is -0.494 e. The molecular formula is C23H29N2O4+. The van der Waals surface area contributed by atoms with E-state index < -0.39 is 0 Å². The zero-order chi connectivity index (χ0) is 20.4. The molecule has 0 aliphatic carbocycles. The maximum absolute atomic E-state index is 13.4. The van der Waals surface area contributed by atoms with Crippen molar-refractivity contribution in [2.75, 3.05) is 41.0 Å².